The number of carbonyl (C=O) groups excluding carboxylic acids is 1. The predicted molar refractivity (Wildman–Crippen MR) is 81.9 cm³/mol. The molecule has 1 saturated heterocycles. The van der Waals surface area contributed by atoms with Gasteiger partial charge in [-0.15, -0.1) is 0 Å². The Bertz CT molecular complexity index is 584. The molecule has 0 spiro atoms. The smallest absolute Gasteiger partial charge is 0.286 e. The summed E-state index contributed by atoms with van der Waals surface area (Å²) in [5, 5.41) is 11.3. The molecule has 1 aliphatic rings. The molecule has 0 aliphatic carbocycles. The molecule has 1 amide bonds. The Labute approximate surface area is 134 Å². The number of benzene rings is 1. The fourth-order valence-electron chi connectivity index (χ4n) is 2.21. The van der Waals surface area contributed by atoms with Crippen molar-refractivity contribution in [3.05, 3.63) is 27.8 Å². The van der Waals surface area contributed by atoms with Crippen molar-refractivity contribution in [1.29, 1.82) is 0 Å². The topological polar surface area (TPSA) is 91.1 Å². The fraction of sp³-hybridized carbons (Fsp3) is 0.533. The highest BCUT2D eigenvalue weighted by molar-refractivity contribution is 5.99. The van der Waals surface area contributed by atoms with Crippen LogP contribution < -0.4 is 9.47 Å². The Morgan fingerprint density at radius 1 is 1.43 bits per heavy atom. The maximum Gasteiger partial charge on any atom is 0.286 e. The monoisotopic (exact) mass is 324 g/mol. The molecule has 0 saturated carbocycles. The molecule has 0 bridgehead atoms. The van der Waals surface area contributed by atoms with Crippen LogP contribution in [0.3, 0.4) is 0 Å². The van der Waals surface area contributed by atoms with Crippen LogP contribution in [0.2, 0.25) is 0 Å². The molecular weight excluding hydrogens is 304 g/mol. The summed E-state index contributed by atoms with van der Waals surface area (Å²) in [5.41, 5.74) is -0.325. The Balaban J connectivity index is 2.36. The van der Waals surface area contributed by atoms with Gasteiger partial charge in [-0.25, -0.2) is 0 Å². The van der Waals surface area contributed by atoms with E-state index in [0.717, 1.165) is 12.8 Å². The van der Waals surface area contributed by atoms with E-state index in [1.165, 1.54) is 24.1 Å². The summed E-state index contributed by atoms with van der Waals surface area (Å²) < 4.78 is 15.9. The lowest BCUT2D eigenvalue weighted by Crippen LogP contribution is -2.28. The third-order valence-electron chi connectivity index (χ3n) is 3.50. The van der Waals surface area contributed by atoms with E-state index in [-0.39, 0.29) is 23.7 Å². The van der Waals surface area contributed by atoms with E-state index in [1.54, 1.807) is 0 Å². The third kappa shape index (κ3) is 3.89. The minimum absolute atomic E-state index is 0.0276. The number of methoxy groups -OCH3 is 1. The molecule has 2 rings (SSSR count). The largest absolute Gasteiger partial charge is 0.493 e. The van der Waals surface area contributed by atoms with E-state index in [4.69, 9.17) is 14.2 Å². The van der Waals surface area contributed by atoms with E-state index in [1.807, 2.05) is 6.92 Å². The number of hydrogen-bond acceptors (Lipinski definition) is 6. The number of unbranched alkanes of at least 4 members (excludes halogenated alkanes) is 1. The van der Waals surface area contributed by atoms with Crippen molar-refractivity contribution in [1.82, 2.24) is 4.90 Å². The molecule has 0 unspecified atom stereocenters. The molecule has 1 heterocycles. The van der Waals surface area contributed by atoms with Gasteiger partial charge >= 0.3 is 0 Å². The van der Waals surface area contributed by atoms with Gasteiger partial charge in [-0.1, -0.05) is 13.3 Å². The minimum Gasteiger partial charge on any atom is -0.493 e. The summed E-state index contributed by atoms with van der Waals surface area (Å²) in [6.07, 6.45) is 1.76. The highest BCUT2D eigenvalue weighted by atomic mass is 16.6. The zero-order valence-electron chi connectivity index (χ0n) is 13.2. The van der Waals surface area contributed by atoms with Gasteiger partial charge in [-0.05, 0) is 6.42 Å². The molecule has 23 heavy (non-hydrogen) atoms. The summed E-state index contributed by atoms with van der Waals surface area (Å²) in [5.74, 6) is 0.115. The third-order valence-corrected chi connectivity index (χ3v) is 3.50. The zero-order valence-corrected chi connectivity index (χ0v) is 13.2. The van der Waals surface area contributed by atoms with Crippen LogP contribution in [0.15, 0.2) is 12.1 Å². The number of hydrogen-bond donors (Lipinski definition) is 0. The summed E-state index contributed by atoms with van der Waals surface area (Å²) >= 11 is 0. The van der Waals surface area contributed by atoms with Gasteiger partial charge < -0.3 is 19.1 Å². The molecule has 8 heteroatoms. The summed E-state index contributed by atoms with van der Waals surface area (Å²) in [6, 6.07) is 2.61. The molecule has 126 valence electrons. The van der Waals surface area contributed by atoms with Crippen LogP contribution >= 0.6 is 0 Å². The fourth-order valence-corrected chi connectivity index (χ4v) is 2.21. The van der Waals surface area contributed by atoms with Crippen molar-refractivity contribution in [2.45, 2.75) is 19.8 Å². The van der Waals surface area contributed by atoms with E-state index < -0.39 is 10.8 Å². The molecule has 0 aromatic heterocycles. The Kier molecular flexibility index (Phi) is 5.75. The number of ether oxygens (including phenoxy) is 3. The maximum absolute atomic E-state index is 12.5. The average molecular weight is 324 g/mol. The first-order chi connectivity index (χ1) is 11.1. The van der Waals surface area contributed by atoms with Crippen molar-refractivity contribution in [2.75, 3.05) is 33.6 Å². The molecule has 8 nitrogen and oxygen atoms in total. The lowest BCUT2D eigenvalue weighted by atomic mass is 10.1. The number of nitrogens with zero attached hydrogens (tertiary/aromatic N) is 2. The van der Waals surface area contributed by atoms with Gasteiger partial charge in [-0.2, -0.15) is 0 Å². The van der Waals surface area contributed by atoms with E-state index in [2.05, 4.69) is 0 Å². The van der Waals surface area contributed by atoms with Crippen LogP contribution in [0.5, 0.6) is 11.5 Å². The standard InChI is InChI=1S/C15H20N2O6/c1-3-4-6-23-14-9-12(17(19)20)11(8-13(14)21-2)15(18)16-5-7-22-10-16/h8-9H,3-7,10H2,1-2H3. The van der Waals surface area contributed by atoms with Gasteiger partial charge in [0.15, 0.2) is 11.5 Å². The maximum atomic E-state index is 12.5. The van der Waals surface area contributed by atoms with Crippen LogP contribution in [-0.2, 0) is 4.74 Å². The molecule has 0 radical (unpaired) electrons. The molecular formula is C15H20N2O6. The molecule has 1 aromatic carbocycles. The van der Waals surface area contributed by atoms with Crippen LogP contribution in [0, 0.1) is 10.1 Å². The van der Waals surface area contributed by atoms with Crippen molar-refractivity contribution in [3.8, 4) is 11.5 Å². The van der Waals surface area contributed by atoms with E-state index in [0.29, 0.717) is 25.5 Å². The highest BCUT2D eigenvalue weighted by Gasteiger charge is 2.29. The Hall–Kier alpha value is -2.35. The second-order valence-electron chi connectivity index (χ2n) is 5.09. The number of nitro groups is 1. The normalized spacial score (nSPS) is 13.9. The van der Waals surface area contributed by atoms with Gasteiger partial charge in [0.25, 0.3) is 11.6 Å². The van der Waals surface area contributed by atoms with Gasteiger partial charge in [0.2, 0.25) is 0 Å². The second-order valence-corrected chi connectivity index (χ2v) is 5.09. The lowest BCUT2D eigenvalue weighted by molar-refractivity contribution is -0.385. The lowest BCUT2D eigenvalue weighted by Gasteiger charge is -2.16. The first kappa shape index (κ1) is 17.0. The first-order valence-corrected chi connectivity index (χ1v) is 7.44. The van der Waals surface area contributed by atoms with Gasteiger partial charge in [0.05, 0.1) is 31.3 Å². The van der Waals surface area contributed by atoms with Crippen molar-refractivity contribution >= 4 is 11.6 Å². The number of nitro benzene ring substituents is 1. The predicted octanol–water partition coefficient (Wildman–Crippen LogP) is 2.21. The number of amides is 1. The quantitative estimate of drug-likeness (QED) is 0.434. The van der Waals surface area contributed by atoms with Crippen LogP contribution in [-0.4, -0.2) is 49.3 Å². The Morgan fingerprint density at radius 3 is 2.78 bits per heavy atom. The average Bonchev–Trinajstić information content (AvgIpc) is 3.08. The van der Waals surface area contributed by atoms with Crippen LogP contribution in [0.4, 0.5) is 5.69 Å². The molecule has 1 aromatic rings. The van der Waals surface area contributed by atoms with Crippen molar-refractivity contribution < 1.29 is 23.9 Å². The van der Waals surface area contributed by atoms with Crippen LogP contribution in [0.25, 0.3) is 0 Å². The van der Waals surface area contributed by atoms with Gasteiger partial charge in [0, 0.05) is 12.6 Å². The molecule has 0 N–H and O–H groups in total. The number of rotatable bonds is 7. The van der Waals surface area contributed by atoms with Crippen LogP contribution in [0.1, 0.15) is 30.1 Å². The Morgan fingerprint density at radius 2 is 2.22 bits per heavy atom. The minimum atomic E-state index is -0.587. The van der Waals surface area contributed by atoms with Crippen molar-refractivity contribution in [2.24, 2.45) is 0 Å². The van der Waals surface area contributed by atoms with Gasteiger partial charge in [-0.3, -0.25) is 14.9 Å². The van der Waals surface area contributed by atoms with E-state index >= 15 is 0 Å². The van der Waals surface area contributed by atoms with E-state index in [9.17, 15) is 14.9 Å². The molecule has 1 aliphatic heterocycles. The molecule has 1 fully saturated rings. The summed E-state index contributed by atoms with van der Waals surface area (Å²) in [6.45, 7) is 3.41. The SMILES string of the molecule is CCCCOc1cc([N+](=O)[O-])c(C(=O)N2CCOC2)cc1OC. The summed E-state index contributed by atoms with van der Waals surface area (Å²) in [7, 11) is 1.43. The van der Waals surface area contributed by atoms with Gasteiger partial charge in [0.1, 0.15) is 12.3 Å². The zero-order chi connectivity index (χ0) is 16.8. The summed E-state index contributed by atoms with van der Waals surface area (Å²) in [4.78, 5) is 24.6. The molecule has 0 atom stereocenters. The van der Waals surface area contributed by atoms with Crippen molar-refractivity contribution in [3.63, 3.8) is 0 Å². The first-order valence-electron chi connectivity index (χ1n) is 7.44. The second kappa shape index (κ2) is 7.77. The highest BCUT2D eigenvalue weighted by Crippen LogP contribution is 2.35. The number of carbonyl (C=O) groups is 1.